The second kappa shape index (κ2) is 6.34. The van der Waals surface area contributed by atoms with Crippen molar-refractivity contribution in [1.29, 1.82) is 0 Å². The van der Waals surface area contributed by atoms with Gasteiger partial charge < -0.3 is 5.11 Å². The van der Waals surface area contributed by atoms with Crippen LogP contribution in [-0.2, 0) is 5.41 Å². The number of aromatic hydroxyl groups is 1. The van der Waals surface area contributed by atoms with E-state index < -0.39 is 0 Å². The van der Waals surface area contributed by atoms with Crippen LogP contribution in [-0.4, -0.2) is 20.1 Å². The highest BCUT2D eigenvalue weighted by Gasteiger charge is 2.24. The number of benzene rings is 2. The van der Waals surface area contributed by atoms with Crippen molar-refractivity contribution in [3.63, 3.8) is 0 Å². The van der Waals surface area contributed by atoms with Crippen LogP contribution in [0.3, 0.4) is 0 Å². The van der Waals surface area contributed by atoms with Gasteiger partial charge in [-0.1, -0.05) is 52.3 Å². The molecule has 1 atom stereocenters. The van der Waals surface area contributed by atoms with Crippen LogP contribution in [0, 0.1) is 0 Å². The van der Waals surface area contributed by atoms with Gasteiger partial charge in [-0.2, -0.15) is 0 Å². The molecule has 0 fully saturated rings. The maximum Gasteiger partial charge on any atom is 0.146 e. The number of halogens is 1. The first-order valence-electron chi connectivity index (χ1n) is 8.61. The second-order valence-corrected chi connectivity index (χ2v) is 8.05. The van der Waals surface area contributed by atoms with Gasteiger partial charge in [0.15, 0.2) is 0 Å². The number of rotatable bonds is 3. The van der Waals surface area contributed by atoms with Crippen molar-refractivity contribution in [2.24, 2.45) is 0 Å². The monoisotopic (exact) mass is 357 g/mol. The molecule has 0 spiro atoms. The number of nitrogens with zero attached hydrogens (tertiary/aromatic N) is 3. The molecule has 25 heavy (non-hydrogen) atoms. The van der Waals surface area contributed by atoms with E-state index in [2.05, 4.69) is 50.9 Å². The summed E-state index contributed by atoms with van der Waals surface area (Å²) in [6.45, 7) is 10.6. The molecule has 3 aromatic rings. The van der Waals surface area contributed by atoms with Crippen LogP contribution in [0.4, 0.5) is 0 Å². The van der Waals surface area contributed by atoms with Crippen LogP contribution in [0.25, 0.3) is 16.7 Å². The summed E-state index contributed by atoms with van der Waals surface area (Å²) < 4.78 is 0. The highest BCUT2D eigenvalue weighted by Crippen LogP contribution is 2.38. The van der Waals surface area contributed by atoms with Crippen LogP contribution < -0.4 is 0 Å². The number of fused-ring (bicyclic) bond motifs is 1. The molecule has 3 rings (SSSR count). The van der Waals surface area contributed by atoms with Gasteiger partial charge >= 0.3 is 0 Å². The summed E-state index contributed by atoms with van der Waals surface area (Å²) in [5.41, 5.74) is 3.96. The maximum absolute atomic E-state index is 10.9. The van der Waals surface area contributed by atoms with Crippen molar-refractivity contribution < 1.29 is 5.11 Å². The third-order valence-corrected chi connectivity index (χ3v) is 4.89. The Morgan fingerprint density at radius 2 is 1.80 bits per heavy atom. The molecule has 0 saturated heterocycles. The summed E-state index contributed by atoms with van der Waals surface area (Å²) in [7, 11) is 0. The van der Waals surface area contributed by atoms with Crippen LogP contribution in [0.15, 0.2) is 30.3 Å². The molecular formula is C20H24ClN3O. The summed E-state index contributed by atoms with van der Waals surface area (Å²) in [5, 5.41) is 20.6. The van der Waals surface area contributed by atoms with Crippen molar-refractivity contribution in [3.05, 3.63) is 46.5 Å². The van der Waals surface area contributed by atoms with Gasteiger partial charge in [-0.3, -0.25) is 0 Å². The summed E-state index contributed by atoms with van der Waals surface area (Å²) in [5.74, 6) is 0.617. The lowest BCUT2D eigenvalue weighted by Gasteiger charge is -2.24. The fourth-order valence-electron chi connectivity index (χ4n) is 2.88. The highest BCUT2D eigenvalue weighted by molar-refractivity contribution is 6.31. The molecule has 0 saturated carbocycles. The Bertz CT molecular complexity index is 925. The minimum absolute atomic E-state index is 0.182. The Kier molecular flexibility index (Phi) is 4.50. The number of aromatic nitrogens is 3. The van der Waals surface area contributed by atoms with Crippen molar-refractivity contribution >= 4 is 22.6 Å². The Hall–Kier alpha value is -2.07. The molecule has 1 N–H and O–H groups in total. The maximum atomic E-state index is 10.9. The van der Waals surface area contributed by atoms with Gasteiger partial charge in [0.1, 0.15) is 22.5 Å². The third kappa shape index (κ3) is 3.36. The van der Waals surface area contributed by atoms with Crippen LogP contribution in [0.2, 0.25) is 5.02 Å². The van der Waals surface area contributed by atoms with E-state index >= 15 is 0 Å². The van der Waals surface area contributed by atoms with E-state index in [-0.39, 0.29) is 11.2 Å². The minimum atomic E-state index is -0.182. The zero-order valence-corrected chi connectivity index (χ0v) is 16.1. The van der Waals surface area contributed by atoms with E-state index in [1.807, 2.05) is 12.1 Å². The molecule has 1 heterocycles. The molecule has 0 bridgehead atoms. The number of hydrogen-bond donors (Lipinski definition) is 1. The van der Waals surface area contributed by atoms with Crippen LogP contribution in [0.5, 0.6) is 5.75 Å². The molecule has 4 nitrogen and oxygen atoms in total. The van der Waals surface area contributed by atoms with E-state index in [9.17, 15) is 5.11 Å². The van der Waals surface area contributed by atoms with Gasteiger partial charge in [0.2, 0.25) is 0 Å². The topological polar surface area (TPSA) is 50.9 Å². The van der Waals surface area contributed by atoms with E-state index in [1.54, 1.807) is 12.1 Å². The van der Waals surface area contributed by atoms with E-state index in [4.69, 9.17) is 11.6 Å². The lowest BCUT2D eigenvalue weighted by Crippen LogP contribution is -2.14. The number of phenols is 1. The van der Waals surface area contributed by atoms with E-state index in [0.29, 0.717) is 22.1 Å². The normalized spacial score (nSPS) is 13.4. The van der Waals surface area contributed by atoms with E-state index in [0.717, 1.165) is 17.5 Å². The molecule has 2 aromatic carbocycles. The van der Waals surface area contributed by atoms with Crippen molar-refractivity contribution in [3.8, 4) is 11.4 Å². The molecule has 1 aromatic heterocycles. The van der Waals surface area contributed by atoms with Gasteiger partial charge in [0.25, 0.3) is 0 Å². The average molecular weight is 358 g/mol. The first-order chi connectivity index (χ1) is 11.7. The zero-order valence-electron chi connectivity index (χ0n) is 15.3. The molecule has 0 amide bonds. The van der Waals surface area contributed by atoms with Gasteiger partial charge in [-0.15, -0.1) is 15.0 Å². The molecule has 5 heteroatoms. The van der Waals surface area contributed by atoms with Crippen molar-refractivity contribution in [1.82, 2.24) is 15.0 Å². The lowest BCUT2D eigenvalue weighted by molar-refractivity contribution is 0.439. The van der Waals surface area contributed by atoms with Gasteiger partial charge in [0.05, 0.1) is 0 Å². The van der Waals surface area contributed by atoms with Crippen molar-refractivity contribution in [2.75, 3.05) is 0 Å². The number of hydrogen-bond acceptors (Lipinski definition) is 3. The SMILES string of the molecule is CCC(C)c1cc(-n2nc3ccc(Cl)cc3n2)c(O)c(C(C)(C)C)c1. The smallest absolute Gasteiger partial charge is 0.146 e. The Morgan fingerprint density at radius 3 is 2.44 bits per heavy atom. The average Bonchev–Trinajstić information content (AvgIpc) is 2.95. The second-order valence-electron chi connectivity index (χ2n) is 7.62. The summed E-state index contributed by atoms with van der Waals surface area (Å²) in [6.07, 6.45) is 1.03. The van der Waals surface area contributed by atoms with Crippen LogP contribution in [0.1, 0.15) is 58.1 Å². The molecule has 0 aliphatic heterocycles. The first-order valence-corrected chi connectivity index (χ1v) is 8.99. The fourth-order valence-corrected chi connectivity index (χ4v) is 3.05. The predicted octanol–water partition coefficient (Wildman–Crippen LogP) is 5.59. The van der Waals surface area contributed by atoms with Gasteiger partial charge in [-0.05, 0) is 47.6 Å². The third-order valence-electron chi connectivity index (χ3n) is 4.66. The predicted molar refractivity (Wildman–Crippen MR) is 103 cm³/mol. The minimum Gasteiger partial charge on any atom is -0.505 e. The summed E-state index contributed by atoms with van der Waals surface area (Å²) in [4.78, 5) is 1.51. The zero-order chi connectivity index (χ0) is 18.4. The van der Waals surface area contributed by atoms with Crippen LogP contribution >= 0.6 is 11.6 Å². The molecule has 132 valence electrons. The Balaban J connectivity index is 2.25. The molecule has 0 aliphatic carbocycles. The van der Waals surface area contributed by atoms with Crippen molar-refractivity contribution in [2.45, 2.75) is 52.4 Å². The van der Waals surface area contributed by atoms with Gasteiger partial charge in [0, 0.05) is 10.6 Å². The Morgan fingerprint density at radius 1 is 1.12 bits per heavy atom. The van der Waals surface area contributed by atoms with Gasteiger partial charge in [-0.25, -0.2) is 0 Å². The summed E-state index contributed by atoms with van der Waals surface area (Å²) in [6, 6.07) is 9.49. The quantitative estimate of drug-likeness (QED) is 0.664. The largest absolute Gasteiger partial charge is 0.505 e. The first kappa shape index (κ1) is 17.7. The highest BCUT2D eigenvalue weighted by atomic mass is 35.5. The molecule has 0 aliphatic rings. The number of phenolic OH excluding ortho intramolecular Hbond substituents is 1. The fraction of sp³-hybridized carbons (Fsp3) is 0.400. The lowest BCUT2D eigenvalue weighted by atomic mass is 9.83. The van der Waals surface area contributed by atoms with E-state index in [1.165, 1.54) is 10.4 Å². The Labute approximate surface area is 153 Å². The standard InChI is InChI=1S/C20H24ClN3O/c1-6-12(2)13-9-15(20(3,4)5)19(25)18(10-13)24-22-16-8-7-14(21)11-17(16)23-24/h7-12,25H,6H2,1-5H3. The molecule has 1 unspecified atom stereocenters. The summed E-state index contributed by atoms with van der Waals surface area (Å²) >= 11 is 6.05. The molecule has 0 radical (unpaired) electrons. The molecular weight excluding hydrogens is 334 g/mol.